The molecule has 0 aromatic heterocycles. The summed E-state index contributed by atoms with van der Waals surface area (Å²) in [6.45, 7) is 12.3. The molecule has 1 aromatic carbocycles. The zero-order valence-electron chi connectivity index (χ0n) is 18.2. The van der Waals surface area contributed by atoms with Crippen molar-refractivity contribution < 1.29 is 23.8 Å². The van der Waals surface area contributed by atoms with Crippen LogP contribution in [0.1, 0.15) is 33.3 Å². The molecule has 0 saturated carbocycles. The van der Waals surface area contributed by atoms with Crippen LogP contribution >= 0.6 is 11.6 Å². The van der Waals surface area contributed by atoms with Gasteiger partial charge in [-0.15, -0.1) is 0 Å². The molecule has 0 saturated heterocycles. The maximum Gasteiger partial charge on any atom is 0.408 e. The Labute approximate surface area is 184 Å². The molecule has 168 valence electrons. The summed E-state index contributed by atoms with van der Waals surface area (Å²) < 4.78 is 16.2. The van der Waals surface area contributed by atoms with Gasteiger partial charge in [-0.05, 0) is 45.4 Å². The average molecular weight is 441 g/mol. The molecule has 7 nitrogen and oxygen atoms in total. The van der Waals surface area contributed by atoms with Crippen molar-refractivity contribution in [3.8, 4) is 0 Å². The second-order valence-electron chi connectivity index (χ2n) is 6.84. The van der Waals surface area contributed by atoms with Crippen LogP contribution in [0.5, 0.6) is 0 Å². The van der Waals surface area contributed by atoms with E-state index < -0.39 is 18.4 Å². The van der Waals surface area contributed by atoms with Crippen molar-refractivity contribution in [2.45, 2.75) is 52.5 Å². The lowest BCUT2D eigenvalue weighted by atomic mass is 10.0. The molecule has 1 atom stereocenters. The number of carbonyl (C=O) groups excluding carboxylic acids is 2. The Kier molecular flexibility index (Phi) is 12.1. The molecule has 30 heavy (non-hydrogen) atoms. The van der Waals surface area contributed by atoms with Gasteiger partial charge < -0.3 is 24.4 Å². The van der Waals surface area contributed by atoms with Crippen LogP contribution in [0.3, 0.4) is 0 Å². The summed E-state index contributed by atoms with van der Waals surface area (Å²) >= 11 is 5.96. The van der Waals surface area contributed by atoms with Gasteiger partial charge in [0, 0.05) is 30.7 Å². The molecule has 0 spiro atoms. The van der Waals surface area contributed by atoms with E-state index in [-0.39, 0.29) is 31.5 Å². The lowest BCUT2D eigenvalue weighted by Gasteiger charge is -2.33. The molecule has 1 aromatic rings. The van der Waals surface area contributed by atoms with Crippen molar-refractivity contribution in [2.24, 2.45) is 0 Å². The van der Waals surface area contributed by atoms with Gasteiger partial charge in [0.1, 0.15) is 12.6 Å². The van der Waals surface area contributed by atoms with Gasteiger partial charge >= 0.3 is 6.09 Å². The Morgan fingerprint density at radius 3 is 2.27 bits per heavy atom. The van der Waals surface area contributed by atoms with Crippen LogP contribution in [0.4, 0.5) is 4.79 Å². The molecule has 0 aliphatic heterocycles. The van der Waals surface area contributed by atoms with Crippen LogP contribution in [-0.4, -0.2) is 61.6 Å². The van der Waals surface area contributed by atoms with Crippen molar-refractivity contribution >= 4 is 23.6 Å². The number of hydrogen-bond acceptors (Lipinski definition) is 5. The molecule has 0 heterocycles. The Hall–Kier alpha value is -2.09. The Bertz CT molecular complexity index is 660. The molecule has 2 amide bonds. The minimum atomic E-state index is -0.824. The van der Waals surface area contributed by atoms with E-state index in [9.17, 15) is 9.59 Å². The van der Waals surface area contributed by atoms with Gasteiger partial charge in [0.05, 0.1) is 6.54 Å². The quantitative estimate of drug-likeness (QED) is 0.373. The number of benzene rings is 1. The van der Waals surface area contributed by atoms with Crippen LogP contribution in [0.15, 0.2) is 36.9 Å². The third-order valence-corrected chi connectivity index (χ3v) is 4.48. The lowest BCUT2D eigenvalue weighted by molar-refractivity contribution is -0.162. The first-order valence-corrected chi connectivity index (χ1v) is 10.5. The third-order valence-electron chi connectivity index (χ3n) is 4.23. The molecule has 0 bridgehead atoms. The highest BCUT2D eigenvalue weighted by Gasteiger charge is 2.30. The van der Waals surface area contributed by atoms with E-state index in [1.165, 1.54) is 6.08 Å². The van der Waals surface area contributed by atoms with E-state index in [1.54, 1.807) is 17.0 Å². The van der Waals surface area contributed by atoms with Gasteiger partial charge in [0.2, 0.25) is 5.91 Å². The van der Waals surface area contributed by atoms with Crippen LogP contribution in [0, 0.1) is 0 Å². The second kappa shape index (κ2) is 14.0. The number of alkyl carbamates (subject to hydrolysis) is 1. The SMILES string of the molecule is C=CCOC(=O)NC(Cc1ccc(Cl)cc1)C(=O)N(CC(OCC)OCC)C(C)C. The van der Waals surface area contributed by atoms with Gasteiger partial charge in [-0.25, -0.2) is 4.79 Å². The normalized spacial score (nSPS) is 12.0. The second-order valence-corrected chi connectivity index (χ2v) is 7.28. The van der Waals surface area contributed by atoms with Crippen LogP contribution in [0.2, 0.25) is 5.02 Å². The molecular weight excluding hydrogens is 408 g/mol. The zero-order valence-corrected chi connectivity index (χ0v) is 19.0. The van der Waals surface area contributed by atoms with Crippen molar-refractivity contribution in [2.75, 3.05) is 26.4 Å². The fourth-order valence-corrected chi connectivity index (χ4v) is 2.94. The topological polar surface area (TPSA) is 77.1 Å². The zero-order chi connectivity index (χ0) is 22.5. The Morgan fingerprint density at radius 2 is 1.77 bits per heavy atom. The number of amides is 2. The van der Waals surface area contributed by atoms with E-state index in [4.69, 9.17) is 25.8 Å². The number of halogens is 1. The fourth-order valence-electron chi connectivity index (χ4n) is 2.82. The molecule has 0 fully saturated rings. The molecule has 0 aliphatic carbocycles. The minimum Gasteiger partial charge on any atom is -0.445 e. The third kappa shape index (κ3) is 9.15. The van der Waals surface area contributed by atoms with E-state index in [2.05, 4.69) is 11.9 Å². The molecule has 1 unspecified atom stereocenters. The number of rotatable bonds is 13. The predicted molar refractivity (Wildman–Crippen MR) is 118 cm³/mol. The highest BCUT2D eigenvalue weighted by atomic mass is 35.5. The minimum absolute atomic E-state index is 0.0539. The molecule has 1 rings (SSSR count). The van der Waals surface area contributed by atoms with Crippen molar-refractivity contribution in [1.29, 1.82) is 0 Å². The Morgan fingerprint density at radius 1 is 1.17 bits per heavy atom. The highest BCUT2D eigenvalue weighted by Crippen LogP contribution is 2.14. The van der Waals surface area contributed by atoms with Gasteiger partial charge in [-0.1, -0.05) is 36.4 Å². The molecule has 1 N–H and O–H groups in total. The van der Waals surface area contributed by atoms with Crippen LogP contribution in [0.25, 0.3) is 0 Å². The van der Waals surface area contributed by atoms with Crippen molar-refractivity contribution in [3.63, 3.8) is 0 Å². The van der Waals surface area contributed by atoms with E-state index >= 15 is 0 Å². The average Bonchev–Trinajstić information content (AvgIpc) is 2.71. The monoisotopic (exact) mass is 440 g/mol. The maximum absolute atomic E-state index is 13.4. The summed E-state index contributed by atoms with van der Waals surface area (Å²) in [5.41, 5.74) is 0.858. The summed E-state index contributed by atoms with van der Waals surface area (Å²) in [5.74, 6) is -0.250. The Balaban J connectivity index is 3.05. The first-order chi connectivity index (χ1) is 14.3. The number of hydrogen-bond donors (Lipinski definition) is 1. The molecule has 0 radical (unpaired) electrons. The van der Waals surface area contributed by atoms with Gasteiger partial charge in [0.25, 0.3) is 0 Å². The predicted octanol–water partition coefficient (Wildman–Crippen LogP) is 3.80. The highest BCUT2D eigenvalue weighted by molar-refractivity contribution is 6.30. The number of nitrogens with zero attached hydrogens (tertiary/aromatic N) is 1. The fraction of sp³-hybridized carbons (Fsp3) is 0.545. The first-order valence-electron chi connectivity index (χ1n) is 10.1. The standard InChI is InChI=1S/C22H33ClN2O5/c1-6-13-30-22(27)24-19(14-17-9-11-18(23)12-10-17)21(26)25(16(4)5)15-20(28-7-2)29-8-3/h6,9-12,16,19-20H,1,7-8,13-15H2,2-5H3,(H,24,27). The molecule has 8 heteroatoms. The van der Waals surface area contributed by atoms with Gasteiger partial charge in [-0.3, -0.25) is 4.79 Å². The summed E-state index contributed by atoms with van der Waals surface area (Å²) in [5, 5.41) is 3.27. The number of carbonyl (C=O) groups is 2. The van der Waals surface area contributed by atoms with E-state index in [0.717, 1.165) is 5.56 Å². The van der Waals surface area contributed by atoms with E-state index in [1.807, 2.05) is 39.8 Å². The van der Waals surface area contributed by atoms with Crippen molar-refractivity contribution in [3.05, 3.63) is 47.5 Å². The van der Waals surface area contributed by atoms with E-state index in [0.29, 0.717) is 18.2 Å². The smallest absolute Gasteiger partial charge is 0.408 e. The van der Waals surface area contributed by atoms with Gasteiger partial charge in [-0.2, -0.15) is 0 Å². The van der Waals surface area contributed by atoms with Crippen molar-refractivity contribution in [1.82, 2.24) is 10.2 Å². The summed E-state index contributed by atoms with van der Waals surface area (Å²) in [6, 6.07) is 6.18. The van der Waals surface area contributed by atoms with Gasteiger partial charge in [0.15, 0.2) is 6.29 Å². The van der Waals surface area contributed by atoms with Crippen LogP contribution in [-0.2, 0) is 25.4 Å². The summed E-state index contributed by atoms with van der Waals surface area (Å²) in [4.78, 5) is 27.2. The van der Waals surface area contributed by atoms with Crippen LogP contribution < -0.4 is 5.32 Å². The summed E-state index contributed by atoms with van der Waals surface area (Å²) in [7, 11) is 0. The first kappa shape index (κ1) is 25.9. The number of nitrogens with one attached hydrogen (secondary N) is 1. The largest absolute Gasteiger partial charge is 0.445 e. The number of ether oxygens (including phenoxy) is 3. The molecular formula is C22H33ClN2O5. The summed E-state index contributed by atoms with van der Waals surface area (Å²) in [6.07, 6.45) is 0.522. The lowest BCUT2D eigenvalue weighted by Crippen LogP contribution is -2.54. The maximum atomic E-state index is 13.4. The molecule has 0 aliphatic rings.